The van der Waals surface area contributed by atoms with Crippen LogP contribution in [0.1, 0.15) is 57.7 Å². The maximum atomic E-state index is 5.85. The summed E-state index contributed by atoms with van der Waals surface area (Å²) in [4.78, 5) is 0. The molecular formula is C18H29NO. The van der Waals surface area contributed by atoms with E-state index in [-0.39, 0.29) is 0 Å². The van der Waals surface area contributed by atoms with E-state index in [1.807, 2.05) is 0 Å². The third-order valence-corrected chi connectivity index (χ3v) is 4.07. The molecule has 2 heteroatoms. The fourth-order valence-electron chi connectivity index (χ4n) is 3.45. The van der Waals surface area contributed by atoms with E-state index < -0.39 is 0 Å². The van der Waals surface area contributed by atoms with Crippen LogP contribution >= 0.6 is 0 Å². The number of fused-ring (bicyclic) bond motifs is 1. The Balaban J connectivity index is 2.11. The topological polar surface area (TPSA) is 21.3 Å². The molecule has 0 saturated heterocycles. The molecule has 0 spiro atoms. The number of hydrogen-bond donors (Lipinski definition) is 1. The molecule has 1 aliphatic heterocycles. The van der Waals surface area contributed by atoms with Crippen LogP contribution in [0.2, 0.25) is 0 Å². The summed E-state index contributed by atoms with van der Waals surface area (Å²) in [6, 6.07) is 6.97. The van der Waals surface area contributed by atoms with Gasteiger partial charge in [0.1, 0.15) is 5.75 Å². The second-order valence-electron chi connectivity index (χ2n) is 7.38. The molecule has 112 valence electrons. The first-order valence-electron chi connectivity index (χ1n) is 7.82. The maximum Gasteiger partial charge on any atom is 0.127 e. The minimum Gasteiger partial charge on any atom is -0.493 e. The fraction of sp³-hybridized carbons (Fsp3) is 0.667. The predicted octanol–water partition coefficient (Wildman–Crippen LogP) is 4.34. The molecule has 1 N–H and O–H groups in total. The Morgan fingerprint density at radius 3 is 2.70 bits per heavy atom. The molecule has 0 aliphatic carbocycles. The largest absolute Gasteiger partial charge is 0.493 e. The molecule has 2 unspecified atom stereocenters. The average molecular weight is 275 g/mol. The fourth-order valence-corrected chi connectivity index (χ4v) is 3.45. The summed E-state index contributed by atoms with van der Waals surface area (Å²) in [6.45, 7) is 10.2. The Hall–Kier alpha value is -1.02. The average Bonchev–Trinajstić information content (AvgIpc) is 2.81. The second kappa shape index (κ2) is 6.17. The van der Waals surface area contributed by atoms with Gasteiger partial charge >= 0.3 is 0 Å². The SMILES string of the molecule is CNC(CC(C)CC(C)(C)C)c1cccc2c1OCC2. The summed E-state index contributed by atoms with van der Waals surface area (Å²) < 4.78 is 5.85. The molecule has 1 aromatic rings. The minimum atomic E-state index is 0.389. The van der Waals surface area contributed by atoms with Gasteiger partial charge in [-0.15, -0.1) is 0 Å². The summed E-state index contributed by atoms with van der Waals surface area (Å²) in [5.74, 6) is 1.83. The zero-order valence-corrected chi connectivity index (χ0v) is 13.6. The monoisotopic (exact) mass is 275 g/mol. The van der Waals surface area contributed by atoms with Crippen molar-refractivity contribution in [2.75, 3.05) is 13.7 Å². The molecule has 2 nitrogen and oxygen atoms in total. The van der Waals surface area contributed by atoms with Gasteiger partial charge in [-0.1, -0.05) is 45.9 Å². The van der Waals surface area contributed by atoms with Crippen LogP contribution in [0, 0.1) is 11.3 Å². The van der Waals surface area contributed by atoms with Crippen LogP contribution in [-0.2, 0) is 6.42 Å². The molecule has 1 heterocycles. The molecule has 0 aromatic heterocycles. The third kappa shape index (κ3) is 3.76. The van der Waals surface area contributed by atoms with Crippen LogP contribution in [0.25, 0.3) is 0 Å². The van der Waals surface area contributed by atoms with Gasteiger partial charge in [-0.25, -0.2) is 0 Å². The highest BCUT2D eigenvalue weighted by Gasteiger charge is 2.24. The van der Waals surface area contributed by atoms with Crippen molar-refractivity contribution in [1.82, 2.24) is 5.32 Å². The first-order valence-corrected chi connectivity index (χ1v) is 7.82. The first kappa shape index (κ1) is 15.4. The molecule has 0 radical (unpaired) electrons. The van der Waals surface area contributed by atoms with Crippen LogP contribution in [0.15, 0.2) is 18.2 Å². The van der Waals surface area contributed by atoms with E-state index in [2.05, 4.69) is 58.3 Å². The number of ether oxygens (including phenoxy) is 1. The van der Waals surface area contributed by atoms with Crippen molar-refractivity contribution in [2.45, 2.75) is 53.0 Å². The number of nitrogens with one attached hydrogen (secondary N) is 1. The van der Waals surface area contributed by atoms with Gasteiger partial charge < -0.3 is 10.1 Å². The van der Waals surface area contributed by atoms with E-state index in [9.17, 15) is 0 Å². The van der Waals surface area contributed by atoms with Crippen molar-refractivity contribution in [3.8, 4) is 5.75 Å². The molecule has 0 bridgehead atoms. The lowest BCUT2D eigenvalue weighted by Crippen LogP contribution is -2.21. The quantitative estimate of drug-likeness (QED) is 0.863. The Morgan fingerprint density at radius 2 is 2.05 bits per heavy atom. The van der Waals surface area contributed by atoms with Crippen molar-refractivity contribution >= 4 is 0 Å². The zero-order valence-electron chi connectivity index (χ0n) is 13.6. The Bertz CT molecular complexity index is 447. The molecular weight excluding hydrogens is 246 g/mol. The highest BCUT2D eigenvalue weighted by atomic mass is 16.5. The van der Waals surface area contributed by atoms with E-state index in [1.165, 1.54) is 17.5 Å². The van der Waals surface area contributed by atoms with Crippen LogP contribution in [-0.4, -0.2) is 13.7 Å². The smallest absolute Gasteiger partial charge is 0.127 e. The van der Waals surface area contributed by atoms with Gasteiger partial charge in [0.2, 0.25) is 0 Å². The third-order valence-electron chi connectivity index (χ3n) is 4.07. The molecule has 0 amide bonds. The van der Waals surface area contributed by atoms with Gasteiger partial charge in [-0.2, -0.15) is 0 Å². The standard InChI is InChI=1S/C18H29NO/c1-13(12-18(2,3)4)11-16(19-5)15-8-6-7-14-9-10-20-17(14)15/h6-8,13,16,19H,9-12H2,1-5H3. The summed E-state index contributed by atoms with van der Waals surface area (Å²) >= 11 is 0. The lowest BCUT2D eigenvalue weighted by Gasteiger charge is -2.27. The van der Waals surface area contributed by atoms with Crippen molar-refractivity contribution in [2.24, 2.45) is 11.3 Å². The van der Waals surface area contributed by atoms with Crippen molar-refractivity contribution in [3.05, 3.63) is 29.3 Å². The predicted molar refractivity (Wildman–Crippen MR) is 85.3 cm³/mol. The van der Waals surface area contributed by atoms with Crippen LogP contribution in [0.5, 0.6) is 5.75 Å². The minimum absolute atomic E-state index is 0.389. The lowest BCUT2D eigenvalue weighted by atomic mass is 9.82. The molecule has 0 saturated carbocycles. The maximum absolute atomic E-state index is 5.85. The van der Waals surface area contributed by atoms with Crippen LogP contribution in [0.3, 0.4) is 0 Å². The van der Waals surface area contributed by atoms with Gasteiger partial charge in [0, 0.05) is 18.0 Å². The summed E-state index contributed by atoms with van der Waals surface area (Å²) in [5, 5.41) is 3.48. The van der Waals surface area contributed by atoms with E-state index in [4.69, 9.17) is 4.74 Å². The van der Waals surface area contributed by atoms with Crippen molar-refractivity contribution in [1.29, 1.82) is 0 Å². The number of para-hydroxylation sites is 1. The highest BCUT2D eigenvalue weighted by molar-refractivity contribution is 5.45. The molecule has 1 aliphatic rings. The number of benzene rings is 1. The van der Waals surface area contributed by atoms with E-state index in [0.29, 0.717) is 17.4 Å². The van der Waals surface area contributed by atoms with Crippen molar-refractivity contribution in [3.63, 3.8) is 0 Å². The van der Waals surface area contributed by atoms with Crippen LogP contribution in [0.4, 0.5) is 0 Å². The van der Waals surface area contributed by atoms with E-state index in [1.54, 1.807) is 0 Å². The van der Waals surface area contributed by atoms with E-state index >= 15 is 0 Å². The number of rotatable bonds is 5. The molecule has 2 rings (SSSR count). The second-order valence-corrected chi connectivity index (χ2v) is 7.38. The van der Waals surface area contributed by atoms with E-state index in [0.717, 1.165) is 25.2 Å². The van der Waals surface area contributed by atoms with Crippen LogP contribution < -0.4 is 10.1 Å². The normalized spacial score (nSPS) is 17.4. The van der Waals surface area contributed by atoms with Crippen molar-refractivity contribution < 1.29 is 4.74 Å². The lowest BCUT2D eigenvalue weighted by molar-refractivity contribution is 0.276. The molecule has 1 aromatic carbocycles. The zero-order chi connectivity index (χ0) is 14.8. The molecule has 20 heavy (non-hydrogen) atoms. The van der Waals surface area contributed by atoms with Gasteiger partial charge in [-0.05, 0) is 36.8 Å². The summed E-state index contributed by atoms with van der Waals surface area (Å²) in [7, 11) is 2.06. The Labute approximate surface area is 123 Å². The molecule has 0 fully saturated rings. The molecule has 2 atom stereocenters. The highest BCUT2D eigenvalue weighted by Crippen LogP contribution is 2.37. The van der Waals surface area contributed by atoms with Gasteiger partial charge in [0.05, 0.1) is 6.61 Å². The van der Waals surface area contributed by atoms with Gasteiger partial charge in [0.25, 0.3) is 0 Å². The Kier molecular flexibility index (Phi) is 4.74. The first-order chi connectivity index (χ1) is 9.40. The summed E-state index contributed by atoms with van der Waals surface area (Å²) in [5.41, 5.74) is 3.10. The number of hydrogen-bond acceptors (Lipinski definition) is 2. The van der Waals surface area contributed by atoms with Gasteiger partial charge in [0.15, 0.2) is 0 Å². The Morgan fingerprint density at radius 1 is 1.30 bits per heavy atom. The van der Waals surface area contributed by atoms with Gasteiger partial charge in [-0.3, -0.25) is 0 Å². The summed E-state index contributed by atoms with van der Waals surface area (Å²) in [6.07, 6.45) is 3.46.